The molecule has 1 aliphatic heterocycles. The summed E-state index contributed by atoms with van der Waals surface area (Å²) in [6.07, 6.45) is 8.77. The Balaban J connectivity index is 1.36. The molecule has 1 unspecified atom stereocenters. The van der Waals surface area contributed by atoms with Gasteiger partial charge in [0.2, 0.25) is 11.8 Å². The average molecular weight is 351 g/mol. The van der Waals surface area contributed by atoms with Crippen LogP contribution in [-0.4, -0.2) is 35.3 Å². The first kappa shape index (κ1) is 16.9. The van der Waals surface area contributed by atoms with Gasteiger partial charge < -0.3 is 15.2 Å². The minimum atomic E-state index is -0.0564. The lowest BCUT2D eigenvalue weighted by molar-refractivity contribution is -0.132. The SMILES string of the molecule is CN1C(=O)CCC2(CNC(=O)CCc3c[nH]c4ccccc34)CCC=C12. The first-order valence-corrected chi connectivity index (χ1v) is 9.38. The number of H-pyrrole nitrogens is 1. The number of aromatic nitrogens is 1. The monoisotopic (exact) mass is 351 g/mol. The fourth-order valence-electron chi connectivity index (χ4n) is 4.43. The van der Waals surface area contributed by atoms with Crippen LogP contribution in [0.15, 0.2) is 42.2 Å². The molecule has 1 atom stereocenters. The van der Waals surface area contributed by atoms with E-state index in [4.69, 9.17) is 0 Å². The van der Waals surface area contributed by atoms with Crippen molar-refractivity contribution in [2.24, 2.45) is 5.41 Å². The van der Waals surface area contributed by atoms with Gasteiger partial charge in [0.25, 0.3) is 0 Å². The van der Waals surface area contributed by atoms with Gasteiger partial charge in [-0.25, -0.2) is 0 Å². The topological polar surface area (TPSA) is 65.2 Å². The maximum absolute atomic E-state index is 12.4. The van der Waals surface area contributed by atoms with Gasteiger partial charge in [-0.15, -0.1) is 0 Å². The first-order valence-electron chi connectivity index (χ1n) is 9.38. The summed E-state index contributed by atoms with van der Waals surface area (Å²) >= 11 is 0. The number of carbonyl (C=O) groups excluding carboxylic acids is 2. The van der Waals surface area contributed by atoms with Crippen molar-refractivity contribution in [1.29, 1.82) is 0 Å². The van der Waals surface area contributed by atoms with Crippen LogP contribution in [-0.2, 0) is 16.0 Å². The highest BCUT2D eigenvalue weighted by atomic mass is 16.2. The van der Waals surface area contributed by atoms with Crippen molar-refractivity contribution in [2.45, 2.75) is 38.5 Å². The van der Waals surface area contributed by atoms with E-state index in [-0.39, 0.29) is 17.2 Å². The fourth-order valence-corrected chi connectivity index (χ4v) is 4.43. The normalized spacial score (nSPS) is 22.4. The molecule has 1 saturated heterocycles. The number of piperidine rings is 1. The van der Waals surface area contributed by atoms with E-state index >= 15 is 0 Å². The third-order valence-corrected chi connectivity index (χ3v) is 5.98. The van der Waals surface area contributed by atoms with Gasteiger partial charge in [0, 0.05) is 54.6 Å². The smallest absolute Gasteiger partial charge is 0.226 e. The van der Waals surface area contributed by atoms with Gasteiger partial charge in [0.1, 0.15) is 0 Å². The van der Waals surface area contributed by atoms with Crippen LogP contribution in [0.2, 0.25) is 0 Å². The summed E-state index contributed by atoms with van der Waals surface area (Å²) in [5.41, 5.74) is 3.33. The van der Waals surface area contributed by atoms with Gasteiger partial charge in [-0.2, -0.15) is 0 Å². The van der Waals surface area contributed by atoms with Crippen molar-refractivity contribution < 1.29 is 9.59 Å². The molecule has 5 nitrogen and oxygen atoms in total. The number of hydrogen-bond donors (Lipinski definition) is 2. The van der Waals surface area contributed by atoms with Gasteiger partial charge in [-0.1, -0.05) is 24.3 Å². The highest BCUT2D eigenvalue weighted by Crippen LogP contribution is 2.46. The molecule has 0 spiro atoms. The molecule has 4 rings (SSSR count). The zero-order valence-electron chi connectivity index (χ0n) is 15.2. The Morgan fingerprint density at radius 1 is 1.31 bits per heavy atom. The Bertz CT molecular complexity index is 882. The number of para-hydroxylation sites is 1. The van der Waals surface area contributed by atoms with Crippen molar-refractivity contribution in [3.05, 3.63) is 47.8 Å². The molecule has 0 bridgehead atoms. The number of amides is 2. The molecule has 1 aromatic carbocycles. The van der Waals surface area contributed by atoms with Crippen LogP contribution in [0.25, 0.3) is 10.9 Å². The third-order valence-electron chi connectivity index (χ3n) is 5.98. The van der Waals surface area contributed by atoms with E-state index < -0.39 is 0 Å². The lowest BCUT2D eigenvalue weighted by Crippen LogP contribution is -2.46. The van der Waals surface area contributed by atoms with E-state index in [0.717, 1.165) is 36.9 Å². The summed E-state index contributed by atoms with van der Waals surface area (Å²) < 4.78 is 0. The predicted molar refractivity (Wildman–Crippen MR) is 101 cm³/mol. The second-order valence-electron chi connectivity index (χ2n) is 7.50. The number of likely N-dealkylation sites (tertiary alicyclic amines) is 1. The highest BCUT2D eigenvalue weighted by Gasteiger charge is 2.44. The number of nitrogens with zero attached hydrogens (tertiary/aromatic N) is 1. The molecule has 2 aromatic rings. The van der Waals surface area contributed by atoms with Gasteiger partial charge in [0.05, 0.1) is 0 Å². The Hall–Kier alpha value is -2.56. The summed E-state index contributed by atoms with van der Waals surface area (Å²) in [5, 5.41) is 4.32. The lowest BCUT2D eigenvalue weighted by atomic mass is 9.77. The van der Waals surface area contributed by atoms with Crippen LogP contribution in [0.5, 0.6) is 0 Å². The second-order valence-corrected chi connectivity index (χ2v) is 7.50. The summed E-state index contributed by atoms with van der Waals surface area (Å²) in [5.74, 6) is 0.259. The van der Waals surface area contributed by atoms with Crippen molar-refractivity contribution in [3.63, 3.8) is 0 Å². The number of benzene rings is 1. The Labute approximate surface area is 153 Å². The van der Waals surface area contributed by atoms with E-state index in [1.807, 2.05) is 31.4 Å². The molecule has 2 heterocycles. The van der Waals surface area contributed by atoms with E-state index in [0.29, 0.717) is 19.4 Å². The number of rotatable bonds is 5. The van der Waals surface area contributed by atoms with Gasteiger partial charge in [-0.05, 0) is 37.3 Å². The van der Waals surface area contributed by atoms with Crippen molar-refractivity contribution in [3.8, 4) is 0 Å². The molecule has 2 N–H and O–H groups in total. The van der Waals surface area contributed by atoms with E-state index in [1.165, 1.54) is 10.9 Å². The summed E-state index contributed by atoms with van der Waals surface area (Å²) in [6.45, 7) is 0.628. The van der Waals surface area contributed by atoms with Crippen LogP contribution >= 0.6 is 0 Å². The molecule has 2 amide bonds. The molecule has 5 heteroatoms. The summed E-state index contributed by atoms with van der Waals surface area (Å²) in [4.78, 5) is 29.4. The Morgan fingerprint density at radius 2 is 2.15 bits per heavy atom. The van der Waals surface area contributed by atoms with Crippen LogP contribution < -0.4 is 5.32 Å². The number of carbonyl (C=O) groups is 2. The molecular weight excluding hydrogens is 326 g/mol. The number of fused-ring (bicyclic) bond motifs is 2. The zero-order valence-corrected chi connectivity index (χ0v) is 15.2. The largest absolute Gasteiger partial charge is 0.361 e. The molecule has 0 saturated carbocycles. The zero-order chi connectivity index (χ0) is 18.1. The molecule has 1 aromatic heterocycles. The van der Waals surface area contributed by atoms with Crippen LogP contribution in [0.3, 0.4) is 0 Å². The number of aryl methyl sites for hydroxylation is 1. The summed E-state index contributed by atoms with van der Waals surface area (Å²) in [6, 6.07) is 8.16. The predicted octanol–water partition coefficient (Wildman–Crippen LogP) is 3.13. The quantitative estimate of drug-likeness (QED) is 0.869. The minimum Gasteiger partial charge on any atom is -0.361 e. The standard InChI is InChI=1S/C21H25N3O2/c1-24-18-7-4-11-21(18,12-10-20(24)26)14-23-19(25)9-8-15-13-22-17-6-3-2-5-16(15)17/h2-3,5-7,13,22H,4,8-12,14H2,1H3,(H,23,25). The van der Waals surface area contributed by atoms with Crippen LogP contribution in [0.4, 0.5) is 0 Å². The van der Waals surface area contributed by atoms with E-state index in [1.54, 1.807) is 4.90 Å². The maximum Gasteiger partial charge on any atom is 0.226 e. The van der Waals surface area contributed by atoms with Crippen LogP contribution in [0.1, 0.15) is 37.7 Å². The number of allylic oxidation sites excluding steroid dienone is 1. The van der Waals surface area contributed by atoms with Gasteiger partial charge in [-0.3, -0.25) is 9.59 Å². The molecule has 1 fully saturated rings. The Kier molecular flexibility index (Phi) is 4.31. The van der Waals surface area contributed by atoms with Crippen molar-refractivity contribution in [2.75, 3.05) is 13.6 Å². The maximum atomic E-state index is 12.4. The third kappa shape index (κ3) is 2.91. The lowest BCUT2D eigenvalue weighted by Gasteiger charge is -2.41. The number of aromatic amines is 1. The van der Waals surface area contributed by atoms with Gasteiger partial charge >= 0.3 is 0 Å². The van der Waals surface area contributed by atoms with Crippen molar-refractivity contribution in [1.82, 2.24) is 15.2 Å². The molecule has 0 radical (unpaired) electrons. The number of hydrogen-bond acceptors (Lipinski definition) is 2. The number of nitrogens with one attached hydrogen (secondary N) is 2. The second kappa shape index (κ2) is 6.63. The molecule has 136 valence electrons. The van der Waals surface area contributed by atoms with E-state index in [9.17, 15) is 9.59 Å². The fraction of sp³-hybridized carbons (Fsp3) is 0.429. The van der Waals surface area contributed by atoms with Crippen LogP contribution in [0, 0.1) is 5.41 Å². The molecular formula is C21H25N3O2. The average Bonchev–Trinajstić information content (AvgIpc) is 3.27. The summed E-state index contributed by atoms with van der Waals surface area (Å²) in [7, 11) is 1.85. The van der Waals surface area contributed by atoms with Crippen molar-refractivity contribution >= 4 is 22.7 Å². The molecule has 26 heavy (non-hydrogen) atoms. The molecule has 1 aliphatic carbocycles. The van der Waals surface area contributed by atoms with E-state index in [2.05, 4.69) is 22.4 Å². The molecule has 2 aliphatic rings. The Morgan fingerprint density at radius 3 is 3.04 bits per heavy atom. The first-order chi connectivity index (χ1) is 12.6. The van der Waals surface area contributed by atoms with Gasteiger partial charge in [0.15, 0.2) is 0 Å². The minimum absolute atomic E-state index is 0.0564. The highest BCUT2D eigenvalue weighted by molar-refractivity contribution is 5.84.